The summed E-state index contributed by atoms with van der Waals surface area (Å²) in [5.41, 5.74) is 2.51. The Morgan fingerprint density at radius 2 is 1.85 bits per heavy atom. The fourth-order valence-electron chi connectivity index (χ4n) is 2.17. The van der Waals surface area contributed by atoms with Gasteiger partial charge in [-0.05, 0) is 42.1 Å². The molecule has 2 nitrogen and oxygen atoms in total. The van der Waals surface area contributed by atoms with Crippen LogP contribution in [0.1, 0.15) is 11.3 Å². The zero-order chi connectivity index (χ0) is 13.9. The number of hydrogen-bond donors (Lipinski definition) is 1. The van der Waals surface area contributed by atoms with E-state index in [4.69, 9.17) is 0 Å². The molecule has 0 aliphatic rings. The van der Waals surface area contributed by atoms with Crippen molar-refractivity contribution in [2.45, 2.75) is 13.5 Å². The molecule has 100 valence electrons. The second-order valence-electron chi connectivity index (χ2n) is 4.84. The summed E-state index contributed by atoms with van der Waals surface area (Å²) in [5, 5.41) is 5.57. The lowest BCUT2D eigenvalue weighted by Crippen LogP contribution is -2.02. The largest absolute Gasteiger partial charge is 0.379 e. The van der Waals surface area contributed by atoms with Crippen LogP contribution in [-0.4, -0.2) is 4.98 Å². The van der Waals surface area contributed by atoms with Crippen molar-refractivity contribution in [2.75, 3.05) is 5.32 Å². The van der Waals surface area contributed by atoms with Crippen LogP contribution in [0.3, 0.4) is 0 Å². The Balaban J connectivity index is 1.77. The minimum atomic E-state index is -0.181. The summed E-state index contributed by atoms with van der Waals surface area (Å²) in [7, 11) is 0. The van der Waals surface area contributed by atoms with Gasteiger partial charge >= 0.3 is 0 Å². The quantitative estimate of drug-likeness (QED) is 0.764. The number of benzene rings is 2. The van der Waals surface area contributed by atoms with Crippen molar-refractivity contribution in [3.05, 3.63) is 71.8 Å². The van der Waals surface area contributed by atoms with Crippen molar-refractivity contribution < 1.29 is 4.39 Å². The van der Waals surface area contributed by atoms with Gasteiger partial charge in [0.25, 0.3) is 0 Å². The monoisotopic (exact) mass is 266 g/mol. The molecule has 1 aromatic heterocycles. The third kappa shape index (κ3) is 2.62. The van der Waals surface area contributed by atoms with E-state index in [2.05, 4.69) is 22.4 Å². The molecule has 1 N–H and O–H groups in total. The van der Waals surface area contributed by atoms with E-state index in [1.54, 1.807) is 19.1 Å². The zero-order valence-corrected chi connectivity index (χ0v) is 11.2. The lowest BCUT2D eigenvalue weighted by atomic mass is 10.1. The van der Waals surface area contributed by atoms with E-state index in [0.717, 1.165) is 16.8 Å². The Bertz CT molecular complexity index is 753. The molecule has 1 heterocycles. The molecule has 0 bridgehead atoms. The predicted molar refractivity (Wildman–Crippen MR) is 80.2 cm³/mol. The Hall–Kier alpha value is -2.42. The van der Waals surface area contributed by atoms with Crippen molar-refractivity contribution in [2.24, 2.45) is 0 Å². The molecule has 0 atom stereocenters. The first-order valence-corrected chi connectivity index (χ1v) is 6.56. The number of pyridine rings is 1. The average molecular weight is 266 g/mol. The molecule has 20 heavy (non-hydrogen) atoms. The van der Waals surface area contributed by atoms with Gasteiger partial charge in [0.1, 0.15) is 5.82 Å². The average Bonchev–Trinajstić information content (AvgIpc) is 2.48. The normalized spacial score (nSPS) is 10.7. The maximum Gasteiger partial charge on any atom is 0.126 e. The van der Waals surface area contributed by atoms with Crippen LogP contribution in [0.5, 0.6) is 0 Å². The highest BCUT2D eigenvalue weighted by Crippen LogP contribution is 2.16. The molecule has 0 spiro atoms. The first kappa shape index (κ1) is 12.6. The van der Waals surface area contributed by atoms with Crippen LogP contribution in [-0.2, 0) is 6.54 Å². The van der Waals surface area contributed by atoms with Gasteiger partial charge in [-0.3, -0.25) is 4.98 Å². The van der Waals surface area contributed by atoms with Crippen LogP contribution in [0.15, 0.2) is 54.7 Å². The molecule has 0 aliphatic carbocycles. The van der Waals surface area contributed by atoms with E-state index in [9.17, 15) is 4.39 Å². The van der Waals surface area contributed by atoms with Gasteiger partial charge in [-0.1, -0.05) is 24.3 Å². The van der Waals surface area contributed by atoms with Crippen molar-refractivity contribution in [1.82, 2.24) is 4.98 Å². The SMILES string of the molecule is Cc1cc(NCc2cc3ccccc3cn2)ccc1F. The maximum absolute atomic E-state index is 13.2. The van der Waals surface area contributed by atoms with Gasteiger partial charge < -0.3 is 5.32 Å². The van der Waals surface area contributed by atoms with Crippen molar-refractivity contribution in [3.63, 3.8) is 0 Å². The molecule has 3 heteroatoms. The molecule has 3 rings (SSSR count). The van der Waals surface area contributed by atoms with Gasteiger partial charge in [-0.15, -0.1) is 0 Å². The molecule has 2 aromatic carbocycles. The number of aryl methyl sites for hydroxylation is 1. The second kappa shape index (κ2) is 5.29. The van der Waals surface area contributed by atoms with Gasteiger partial charge in [-0.2, -0.15) is 0 Å². The van der Waals surface area contributed by atoms with Crippen LogP contribution in [0.25, 0.3) is 10.8 Å². The molecule has 0 saturated carbocycles. The van der Waals surface area contributed by atoms with E-state index in [0.29, 0.717) is 12.1 Å². The third-order valence-electron chi connectivity index (χ3n) is 3.32. The molecule has 0 saturated heterocycles. The molecule has 0 amide bonds. The smallest absolute Gasteiger partial charge is 0.126 e. The highest BCUT2D eigenvalue weighted by atomic mass is 19.1. The number of hydrogen-bond acceptors (Lipinski definition) is 2. The van der Waals surface area contributed by atoms with Crippen LogP contribution in [0, 0.1) is 12.7 Å². The Labute approximate surface area is 117 Å². The fraction of sp³-hybridized carbons (Fsp3) is 0.118. The second-order valence-corrected chi connectivity index (χ2v) is 4.84. The topological polar surface area (TPSA) is 24.9 Å². The van der Waals surface area contributed by atoms with Crippen LogP contribution in [0.4, 0.5) is 10.1 Å². The highest BCUT2D eigenvalue weighted by Gasteiger charge is 2.01. The van der Waals surface area contributed by atoms with Crippen LogP contribution < -0.4 is 5.32 Å². The first-order chi connectivity index (χ1) is 9.72. The minimum absolute atomic E-state index is 0.181. The molecular formula is C17H15FN2. The number of halogens is 1. The van der Waals surface area contributed by atoms with Gasteiger partial charge in [-0.25, -0.2) is 4.39 Å². The molecule has 0 fully saturated rings. The summed E-state index contributed by atoms with van der Waals surface area (Å²) in [4.78, 5) is 4.43. The van der Waals surface area contributed by atoms with Crippen LogP contribution in [0.2, 0.25) is 0 Å². The number of rotatable bonds is 3. The molecule has 0 unspecified atom stereocenters. The van der Waals surface area contributed by atoms with Crippen molar-refractivity contribution in [3.8, 4) is 0 Å². The summed E-state index contributed by atoms with van der Waals surface area (Å²) >= 11 is 0. The molecule has 0 aliphatic heterocycles. The summed E-state index contributed by atoms with van der Waals surface area (Å²) in [6.07, 6.45) is 1.88. The van der Waals surface area contributed by atoms with Gasteiger partial charge in [0.2, 0.25) is 0 Å². The third-order valence-corrected chi connectivity index (χ3v) is 3.32. The van der Waals surface area contributed by atoms with E-state index in [1.807, 2.05) is 24.4 Å². The maximum atomic E-state index is 13.2. The Morgan fingerprint density at radius 1 is 1.05 bits per heavy atom. The van der Waals surface area contributed by atoms with E-state index in [-0.39, 0.29) is 5.82 Å². The van der Waals surface area contributed by atoms with E-state index >= 15 is 0 Å². The number of fused-ring (bicyclic) bond motifs is 1. The lowest BCUT2D eigenvalue weighted by molar-refractivity contribution is 0.618. The number of aromatic nitrogens is 1. The van der Waals surface area contributed by atoms with Gasteiger partial charge in [0, 0.05) is 17.3 Å². The minimum Gasteiger partial charge on any atom is -0.379 e. The summed E-state index contributed by atoms with van der Waals surface area (Å²) in [6.45, 7) is 2.38. The molecule has 0 radical (unpaired) electrons. The summed E-state index contributed by atoms with van der Waals surface area (Å²) < 4.78 is 13.2. The lowest BCUT2D eigenvalue weighted by Gasteiger charge is -2.08. The van der Waals surface area contributed by atoms with E-state index < -0.39 is 0 Å². The first-order valence-electron chi connectivity index (χ1n) is 6.56. The van der Waals surface area contributed by atoms with Crippen molar-refractivity contribution >= 4 is 16.5 Å². The van der Waals surface area contributed by atoms with Crippen LogP contribution >= 0.6 is 0 Å². The summed E-state index contributed by atoms with van der Waals surface area (Å²) in [6, 6.07) is 15.2. The molecular weight excluding hydrogens is 251 g/mol. The van der Waals surface area contributed by atoms with Gasteiger partial charge in [0.05, 0.1) is 12.2 Å². The Kier molecular flexibility index (Phi) is 3.33. The highest BCUT2D eigenvalue weighted by molar-refractivity contribution is 5.81. The number of nitrogens with zero attached hydrogens (tertiary/aromatic N) is 1. The summed E-state index contributed by atoms with van der Waals surface area (Å²) in [5.74, 6) is -0.181. The Morgan fingerprint density at radius 3 is 2.65 bits per heavy atom. The standard InChI is InChI=1S/C17H15FN2/c1-12-8-15(6-7-17(12)18)20-11-16-9-13-4-2-3-5-14(13)10-19-16/h2-10,20H,11H2,1H3. The predicted octanol–water partition coefficient (Wildman–Crippen LogP) is 4.29. The van der Waals surface area contributed by atoms with E-state index in [1.165, 1.54) is 11.5 Å². The fourth-order valence-corrected chi connectivity index (χ4v) is 2.17. The zero-order valence-electron chi connectivity index (χ0n) is 11.2. The molecule has 3 aromatic rings. The number of anilines is 1. The number of nitrogens with one attached hydrogen (secondary N) is 1. The van der Waals surface area contributed by atoms with Gasteiger partial charge in [0.15, 0.2) is 0 Å². The van der Waals surface area contributed by atoms with Crippen molar-refractivity contribution in [1.29, 1.82) is 0 Å².